The van der Waals surface area contributed by atoms with Crippen molar-refractivity contribution in [1.29, 1.82) is 0 Å². The highest BCUT2D eigenvalue weighted by molar-refractivity contribution is 7.09. The molecule has 0 bridgehead atoms. The quantitative estimate of drug-likeness (QED) is 0.912. The molecule has 1 amide bonds. The van der Waals surface area contributed by atoms with Gasteiger partial charge in [0.05, 0.1) is 11.5 Å². The van der Waals surface area contributed by atoms with Crippen LogP contribution in [0.2, 0.25) is 0 Å². The van der Waals surface area contributed by atoms with Gasteiger partial charge in [0.15, 0.2) is 0 Å². The highest BCUT2D eigenvalue weighted by Crippen LogP contribution is 2.32. The number of carbonyl (C=O) groups is 1. The minimum atomic E-state index is -0.442. The van der Waals surface area contributed by atoms with E-state index >= 15 is 0 Å². The molecular formula is C15H17N3OS. The molecule has 0 fully saturated rings. The number of rotatable bonds is 3. The minimum Gasteiger partial charge on any atom is -0.384 e. The van der Waals surface area contributed by atoms with Crippen molar-refractivity contribution in [3.05, 3.63) is 46.4 Å². The Hall–Kier alpha value is -1.88. The van der Waals surface area contributed by atoms with Crippen LogP contribution in [-0.4, -0.2) is 17.4 Å². The molecule has 0 spiro atoms. The first-order valence-corrected chi connectivity index (χ1v) is 7.51. The number of benzene rings is 1. The number of hydrogen-bond acceptors (Lipinski definition) is 4. The van der Waals surface area contributed by atoms with Gasteiger partial charge in [-0.2, -0.15) is 0 Å². The molecule has 1 aromatic heterocycles. The molecule has 2 N–H and O–H groups in total. The summed E-state index contributed by atoms with van der Waals surface area (Å²) in [6.45, 7) is 4.62. The van der Waals surface area contributed by atoms with E-state index in [1.54, 1.807) is 17.5 Å². The van der Waals surface area contributed by atoms with Crippen LogP contribution in [-0.2, 0) is 10.3 Å². The summed E-state index contributed by atoms with van der Waals surface area (Å²) in [6.07, 6.45) is 1.76. The van der Waals surface area contributed by atoms with Gasteiger partial charge in [-0.1, -0.05) is 18.2 Å². The van der Waals surface area contributed by atoms with E-state index in [1.807, 2.05) is 43.5 Å². The molecule has 1 atom stereocenters. The lowest BCUT2D eigenvalue weighted by molar-refractivity contribution is -0.123. The zero-order valence-electron chi connectivity index (χ0n) is 11.5. The number of thiazole rings is 1. The van der Waals surface area contributed by atoms with Gasteiger partial charge in [-0.3, -0.25) is 4.79 Å². The fourth-order valence-corrected chi connectivity index (χ4v) is 3.22. The van der Waals surface area contributed by atoms with Crippen molar-refractivity contribution in [3.63, 3.8) is 0 Å². The number of nitrogens with one attached hydrogen (secondary N) is 2. The minimum absolute atomic E-state index is 0.0441. The Morgan fingerprint density at radius 3 is 3.00 bits per heavy atom. The van der Waals surface area contributed by atoms with Crippen LogP contribution < -0.4 is 10.6 Å². The maximum Gasteiger partial charge on any atom is 0.230 e. The molecule has 2 heterocycles. The van der Waals surface area contributed by atoms with Gasteiger partial charge in [0, 0.05) is 23.8 Å². The number of carbonyl (C=O) groups excluding carboxylic acids is 1. The van der Waals surface area contributed by atoms with Gasteiger partial charge >= 0.3 is 0 Å². The third-order valence-electron chi connectivity index (χ3n) is 3.55. The van der Waals surface area contributed by atoms with Gasteiger partial charge in [-0.25, -0.2) is 4.98 Å². The van der Waals surface area contributed by atoms with Crippen molar-refractivity contribution in [1.82, 2.24) is 10.3 Å². The molecule has 104 valence electrons. The number of aromatic nitrogens is 1. The summed E-state index contributed by atoms with van der Waals surface area (Å²) in [5, 5.41) is 9.24. The van der Waals surface area contributed by atoms with E-state index in [9.17, 15) is 4.79 Å². The Morgan fingerprint density at radius 2 is 2.25 bits per heavy atom. The highest BCUT2D eigenvalue weighted by atomic mass is 32.1. The number of fused-ring (bicyclic) bond motifs is 1. The SMILES string of the molecule is CC(C)(NC(=O)C1CNc2ccccc21)c1nccs1. The van der Waals surface area contributed by atoms with Gasteiger partial charge in [0.2, 0.25) is 5.91 Å². The largest absolute Gasteiger partial charge is 0.384 e. The van der Waals surface area contributed by atoms with Crippen LogP contribution >= 0.6 is 11.3 Å². The predicted octanol–water partition coefficient (Wildman–Crippen LogP) is 2.70. The first-order chi connectivity index (χ1) is 9.58. The fraction of sp³-hybridized carbons (Fsp3) is 0.333. The summed E-state index contributed by atoms with van der Waals surface area (Å²) in [4.78, 5) is 16.8. The number of hydrogen-bond donors (Lipinski definition) is 2. The Labute approximate surface area is 122 Å². The highest BCUT2D eigenvalue weighted by Gasteiger charge is 2.33. The van der Waals surface area contributed by atoms with Crippen molar-refractivity contribution in [2.24, 2.45) is 0 Å². The van der Waals surface area contributed by atoms with Crippen LogP contribution in [0.15, 0.2) is 35.8 Å². The molecule has 3 rings (SSSR count). The average molecular weight is 287 g/mol. The van der Waals surface area contributed by atoms with Crippen LogP contribution in [0, 0.1) is 0 Å². The lowest BCUT2D eigenvalue weighted by atomic mass is 9.98. The summed E-state index contributed by atoms with van der Waals surface area (Å²) in [5.74, 6) is -0.0897. The van der Waals surface area contributed by atoms with Crippen LogP contribution in [0.5, 0.6) is 0 Å². The Morgan fingerprint density at radius 1 is 1.45 bits per heavy atom. The maximum atomic E-state index is 12.5. The van der Waals surface area contributed by atoms with Crippen LogP contribution in [0.25, 0.3) is 0 Å². The molecule has 0 saturated carbocycles. The van der Waals surface area contributed by atoms with Crippen molar-refractivity contribution in [2.75, 3.05) is 11.9 Å². The first kappa shape index (κ1) is 13.1. The van der Waals surface area contributed by atoms with E-state index in [1.165, 1.54) is 0 Å². The number of amides is 1. The van der Waals surface area contributed by atoms with Gasteiger partial charge in [-0.05, 0) is 25.5 Å². The molecule has 0 radical (unpaired) electrons. The molecule has 5 heteroatoms. The second kappa shape index (κ2) is 4.90. The summed E-state index contributed by atoms with van der Waals surface area (Å²) >= 11 is 1.56. The number of anilines is 1. The monoisotopic (exact) mass is 287 g/mol. The molecule has 2 aromatic rings. The van der Waals surface area contributed by atoms with Crippen molar-refractivity contribution < 1.29 is 4.79 Å². The van der Waals surface area contributed by atoms with Gasteiger partial charge < -0.3 is 10.6 Å². The molecule has 20 heavy (non-hydrogen) atoms. The van der Waals surface area contributed by atoms with E-state index in [0.29, 0.717) is 6.54 Å². The number of para-hydroxylation sites is 1. The molecule has 1 aliphatic rings. The van der Waals surface area contributed by atoms with Gasteiger partial charge in [-0.15, -0.1) is 11.3 Å². The maximum absolute atomic E-state index is 12.5. The topological polar surface area (TPSA) is 54.0 Å². The molecule has 0 saturated heterocycles. The number of nitrogens with zero attached hydrogens (tertiary/aromatic N) is 1. The first-order valence-electron chi connectivity index (χ1n) is 6.63. The molecule has 0 aliphatic carbocycles. The summed E-state index contributed by atoms with van der Waals surface area (Å²) < 4.78 is 0. The summed E-state index contributed by atoms with van der Waals surface area (Å²) in [6, 6.07) is 7.97. The Bertz CT molecular complexity index is 622. The van der Waals surface area contributed by atoms with E-state index in [-0.39, 0.29) is 11.8 Å². The smallest absolute Gasteiger partial charge is 0.230 e. The second-order valence-electron chi connectivity index (χ2n) is 5.47. The zero-order valence-corrected chi connectivity index (χ0v) is 12.3. The van der Waals surface area contributed by atoms with E-state index in [2.05, 4.69) is 15.6 Å². The third kappa shape index (κ3) is 2.29. The van der Waals surface area contributed by atoms with E-state index in [4.69, 9.17) is 0 Å². The molecule has 1 aliphatic heterocycles. The van der Waals surface area contributed by atoms with E-state index in [0.717, 1.165) is 16.3 Å². The zero-order chi connectivity index (χ0) is 14.2. The fourth-order valence-electron chi connectivity index (χ4n) is 2.50. The van der Waals surface area contributed by atoms with Gasteiger partial charge in [0.1, 0.15) is 5.01 Å². The molecular weight excluding hydrogens is 270 g/mol. The average Bonchev–Trinajstić information content (AvgIpc) is 3.08. The second-order valence-corrected chi connectivity index (χ2v) is 6.37. The standard InChI is InChI=1S/C15H17N3OS/c1-15(2,14-16-7-8-20-14)18-13(19)11-9-17-12-6-4-3-5-10(11)12/h3-8,11,17H,9H2,1-2H3,(H,18,19). The predicted molar refractivity (Wildman–Crippen MR) is 81.0 cm³/mol. The Kier molecular flexibility index (Phi) is 3.22. The lowest BCUT2D eigenvalue weighted by Gasteiger charge is -2.25. The van der Waals surface area contributed by atoms with Crippen molar-refractivity contribution >= 4 is 22.9 Å². The third-order valence-corrected chi connectivity index (χ3v) is 4.65. The van der Waals surface area contributed by atoms with Crippen LogP contribution in [0.4, 0.5) is 5.69 Å². The van der Waals surface area contributed by atoms with E-state index < -0.39 is 5.54 Å². The summed E-state index contributed by atoms with van der Waals surface area (Å²) in [5.41, 5.74) is 1.68. The lowest BCUT2D eigenvalue weighted by Crippen LogP contribution is -2.43. The van der Waals surface area contributed by atoms with Crippen molar-refractivity contribution in [3.8, 4) is 0 Å². The van der Waals surface area contributed by atoms with Crippen molar-refractivity contribution in [2.45, 2.75) is 25.3 Å². The van der Waals surface area contributed by atoms with Crippen LogP contribution in [0.3, 0.4) is 0 Å². The molecule has 4 nitrogen and oxygen atoms in total. The Balaban J connectivity index is 1.78. The van der Waals surface area contributed by atoms with Crippen LogP contribution in [0.1, 0.15) is 30.3 Å². The molecule has 1 unspecified atom stereocenters. The summed E-state index contributed by atoms with van der Waals surface area (Å²) in [7, 11) is 0. The normalized spacial score (nSPS) is 17.4. The van der Waals surface area contributed by atoms with Gasteiger partial charge in [0.25, 0.3) is 0 Å². The molecule has 1 aromatic carbocycles.